The van der Waals surface area contributed by atoms with Crippen molar-refractivity contribution in [2.24, 2.45) is 0 Å². The van der Waals surface area contributed by atoms with Crippen molar-refractivity contribution in [3.63, 3.8) is 0 Å². The van der Waals surface area contributed by atoms with E-state index in [1.165, 1.54) is 38.3 Å². The van der Waals surface area contributed by atoms with E-state index in [1.807, 2.05) is 0 Å². The molecule has 1 aromatic carbocycles. The number of thiophene rings is 1. The molecule has 1 atom stereocenters. The minimum atomic E-state index is 0.180. The lowest BCUT2D eigenvalue weighted by atomic mass is 9.89. The molecule has 2 rings (SSSR count). The first-order chi connectivity index (χ1) is 9.88. The fourth-order valence-electron chi connectivity index (χ4n) is 2.85. The van der Waals surface area contributed by atoms with Crippen molar-refractivity contribution in [1.82, 2.24) is 5.32 Å². The van der Waals surface area contributed by atoms with E-state index in [-0.39, 0.29) is 6.04 Å². The number of halogens is 1. The molecule has 0 aliphatic carbocycles. The van der Waals surface area contributed by atoms with E-state index in [2.05, 4.69) is 58.3 Å². The van der Waals surface area contributed by atoms with Crippen molar-refractivity contribution in [3.05, 3.63) is 54.7 Å². The molecular weight excluding hydrogens is 298 g/mol. The first-order valence-corrected chi connectivity index (χ1v) is 8.68. The van der Waals surface area contributed by atoms with Gasteiger partial charge in [-0.05, 0) is 79.9 Å². The fourth-order valence-corrected chi connectivity index (χ4v) is 4.24. The molecule has 0 saturated heterocycles. The van der Waals surface area contributed by atoms with Crippen LogP contribution in [-0.4, -0.2) is 6.54 Å². The summed E-state index contributed by atoms with van der Waals surface area (Å²) in [5.41, 5.74) is 7.98. The molecule has 0 aliphatic heterocycles. The number of benzene rings is 1. The lowest BCUT2D eigenvalue weighted by Gasteiger charge is -2.24. The highest BCUT2D eigenvalue weighted by molar-refractivity contribution is 7.10. The van der Waals surface area contributed by atoms with E-state index >= 15 is 0 Å². The van der Waals surface area contributed by atoms with Crippen LogP contribution in [0, 0.1) is 34.6 Å². The molecule has 1 nitrogen and oxygen atoms in total. The van der Waals surface area contributed by atoms with Gasteiger partial charge in [0.05, 0.1) is 11.1 Å². The van der Waals surface area contributed by atoms with Crippen LogP contribution in [0.2, 0.25) is 5.02 Å². The Morgan fingerprint density at radius 2 is 1.62 bits per heavy atom. The van der Waals surface area contributed by atoms with Gasteiger partial charge in [-0.15, -0.1) is 11.3 Å². The molecular formula is C18H24ClNS. The summed E-state index contributed by atoms with van der Waals surface area (Å²) in [7, 11) is 0. The summed E-state index contributed by atoms with van der Waals surface area (Å²) < 4.78 is 0. The van der Waals surface area contributed by atoms with Gasteiger partial charge in [-0.25, -0.2) is 0 Å². The monoisotopic (exact) mass is 321 g/mol. The highest BCUT2D eigenvalue weighted by atomic mass is 35.5. The van der Waals surface area contributed by atoms with Crippen molar-refractivity contribution < 1.29 is 0 Å². The normalized spacial score (nSPS) is 12.7. The molecule has 1 N–H and O–H groups in total. The maximum atomic E-state index is 6.54. The third kappa shape index (κ3) is 3.03. The Morgan fingerprint density at radius 1 is 1.05 bits per heavy atom. The van der Waals surface area contributed by atoms with Gasteiger partial charge in [0, 0.05) is 4.88 Å². The minimum absolute atomic E-state index is 0.180. The van der Waals surface area contributed by atoms with E-state index in [4.69, 9.17) is 11.6 Å². The lowest BCUT2D eigenvalue weighted by Crippen LogP contribution is -2.23. The van der Waals surface area contributed by atoms with Gasteiger partial charge in [-0.2, -0.15) is 0 Å². The predicted octanol–water partition coefficient (Wildman–Crippen LogP) is 5.64. The van der Waals surface area contributed by atoms with Crippen LogP contribution in [-0.2, 0) is 0 Å². The van der Waals surface area contributed by atoms with Gasteiger partial charge in [0.25, 0.3) is 0 Å². The summed E-state index contributed by atoms with van der Waals surface area (Å²) in [4.78, 5) is 1.23. The molecule has 0 bridgehead atoms. The highest BCUT2D eigenvalue weighted by Gasteiger charge is 2.23. The quantitative estimate of drug-likeness (QED) is 0.768. The van der Waals surface area contributed by atoms with Crippen LogP contribution in [0.4, 0.5) is 0 Å². The van der Waals surface area contributed by atoms with E-state index in [9.17, 15) is 0 Å². The fraction of sp³-hybridized carbons (Fsp3) is 0.444. The average molecular weight is 322 g/mol. The SMILES string of the molecule is CCNC(c1scc(C)c1Cl)c1c(C)c(C)cc(C)c1C. The standard InChI is InChI=1S/C18H24ClNS/c1-7-20-17(18-16(19)12(4)9-21-18)15-13(5)10(2)8-11(3)14(15)6/h8-9,17,20H,7H2,1-6H3. The summed E-state index contributed by atoms with van der Waals surface area (Å²) >= 11 is 8.30. The Balaban J connectivity index is 2.67. The van der Waals surface area contributed by atoms with Crippen LogP contribution in [0.5, 0.6) is 0 Å². The number of hydrogen-bond donors (Lipinski definition) is 1. The van der Waals surface area contributed by atoms with Crippen LogP contribution < -0.4 is 5.32 Å². The molecule has 21 heavy (non-hydrogen) atoms. The maximum Gasteiger partial charge on any atom is 0.0691 e. The van der Waals surface area contributed by atoms with Crippen molar-refractivity contribution in [3.8, 4) is 0 Å². The molecule has 0 radical (unpaired) electrons. The Labute approximate surface area is 137 Å². The third-order valence-corrected chi connectivity index (χ3v) is 6.09. The Kier molecular flexibility index (Phi) is 5.13. The van der Waals surface area contributed by atoms with Gasteiger partial charge in [0.2, 0.25) is 0 Å². The second-order valence-electron chi connectivity index (χ2n) is 5.76. The molecule has 0 saturated carbocycles. The van der Waals surface area contributed by atoms with Crippen LogP contribution >= 0.6 is 22.9 Å². The summed E-state index contributed by atoms with van der Waals surface area (Å²) in [5, 5.41) is 6.69. The largest absolute Gasteiger partial charge is 0.306 e. The zero-order chi connectivity index (χ0) is 15.7. The molecule has 1 aromatic heterocycles. The highest BCUT2D eigenvalue weighted by Crippen LogP contribution is 2.39. The minimum Gasteiger partial charge on any atom is -0.306 e. The lowest BCUT2D eigenvalue weighted by molar-refractivity contribution is 0.632. The van der Waals surface area contributed by atoms with Gasteiger partial charge in [0.1, 0.15) is 0 Å². The molecule has 114 valence electrons. The average Bonchev–Trinajstić information content (AvgIpc) is 2.76. The Bertz CT molecular complexity index is 631. The Morgan fingerprint density at radius 3 is 2.05 bits per heavy atom. The van der Waals surface area contributed by atoms with E-state index in [1.54, 1.807) is 11.3 Å². The summed E-state index contributed by atoms with van der Waals surface area (Å²) in [6, 6.07) is 2.46. The number of nitrogens with one attached hydrogen (secondary N) is 1. The summed E-state index contributed by atoms with van der Waals surface area (Å²) in [6.45, 7) is 14.0. The second kappa shape index (κ2) is 6.51. The smallest absolute Gasteiger partial charge is 0.0691 e. The van der Waals surface area contributed by atoms with Gasteiger partial charge >= 0.3 is 0 Å². The summed E-state index contributed by atoms with van der Waals surface area (Å²) in [6.07, 6.45) is 0. The number of hydrogen-bond acceptors (Lipinski definition) is 2. The molecule has 1 heterocycles. The zero-order valence-electron chi connectivity index (χ0n) is 13.7. The molecule has 0 fully saturated rings. The molecule has 0 aliphatic rings. The van der Waals surface area contributed by atoms with Gasteiger partial charge < -0.3 is 5.32 Å². The zero-order valence-corrected chi connectivity index (χ0v) is 15.3. The molecule has 3 heteroatoms. The van der Waals surface area contributed by atoms with Crippen molar-refractivity contribution >= 4 is 22.9 Å². The van der Waals surface area contributed by atoms with Crippen LogP contribution in [0.15, 0.2) is 11.4 Å². The molecule has 0 spiro atoms. The van der Waals surface area contributed by atoms with Crippen LogP contribution in [0.1, 0.15) is 51.2 Å². The van der Waals surface area contributed by atoms with Crippen molar-refractivity contribution in [1.29, 1.82) is 0 Å². The number of aryl methyl sites for hydroxylation is 3. The molecule has 1 unspecified atom stereocenters. The van der Waals surface area contributed by atoms with Gasteiger partial charge in [-0.1, -0.05) is 24.6 Å². The van der Waals surface area contributed by atoms with E-state index in [0.29, 0.717) is 0 Å². The van der Waals surface area contributed by atoms with Crippen molar-refractivity contribution in [2.45, 2.75) is 47.6 Å². The van der Waals surface area contributed by atoms with Crippen molar-refractivity contribution in [2.75, 3.05) is 6.54 Å². The van der Waals surface area contributed by atoms with E-state index < -0.39 is 0 Å². The second-order valence-corrected chi connectivity index (χ2v) is 7.05. The topological polar surface area (TPSA) is 12.0 Å². The van der Waals surface area contributed by atoms with Crippen LogP contribution in [0.3, 0.4) is 0 Å². The number of rotatable bonds is 4. The third-order valence-electron chi connectivity index (χ3n) is 4.31. The predicted molar refractivity (Wildman–Crippen MR) is 95.0 cm³/mol. The maximum absolute atomic E-state index is 6.54. The molecule has 2 aromatic rings. The van der Waals surface area contributed by atoms with Gasteiger partial charge in [0.15, 0.2) is 0 Å². The summed E-state index contributed by atoms with van der Waals surface area (Å²) in [5.74, 6) is 0. The first kappa shape index (κ1) is 16.5. The first-order valence-electron chi connectivity index (χ1n) is 7.42. The Hall–Kier alpha value is -0.830. The van der Waals surface area contributed by atoms with Crippen LogP contribution in [0.25, 0.3) is 0 Å². The van der Waals surface area contributed by atoms with Gasteiger partial charge in [-0.3, -0.25) is 0 Å². The molecule has 0 amide bonds. The van der Waals surface area contributed by atoms with E-state index in [0.717, 1.165) is 11.6 Å².